The van der Waals surface area contributed by atoms with Crippen LogP contribution in [0.2, 0.25) is 0 Å². The lowest BCUT2D eigenvalue weighted by Gasteiger charge is -2.23. The number of hydrogen-bond donors (Lipinski definition) is 1. The van der Waals surface area contributed by atoms with Crippen molar-refractivity contribution >= 4 is 5.96 Å². The highest BCUT2D eigenvalue weighted by atomic mass is 15.3. The molecule has 0 aliphatic carbocycles. The maximum Gasteiger partial charge on any atom is 0.194 e. The van der Waals surface area contributed by atoms with E-state index in [1.54, 1.807) is 0 Å². The van der Waals surface area contributed by atoms with Crippen LogP contribution in [0.1, 0.15) is 44.1 Å². The van der Waals surface area contributed by atoms with Gasteiger partial charge in [-0.25, -0.2) is 9.98 Å². The predicted octanol–water partition coefficient (Wildman–Crippen LogP) is 3.44. The van der Waals surface area contributed by atoms with Gasteiger partial charge in [0.25, 0.3) is 0 Å². The molecule has 5 nitrogen and oxygen atoms in total. The van der Waals surface area contributed by atoms with Crippen LogP contribution < -0.4 is 5.32 Å². The molecule has 0 spiro atoms. The Morgan fingerprint density at radius 3 is 2.77 bits per heavy atom. The molecular formula is C21H31N5. The summed E-state index contributed by atoms with van der Waals surface area (Å²) in [5.41, 5.74) is 2.90. The number of nitrogens with one attached hydrogen (secondary N) is 1. The molecule has 0 amide bonds. The Balaban J connectivity index is 1.69. The second-order valence-electron chi connectivity index (χ2n) is 7.93. The summed E-state index contributed by atoms with van der Waals surface area (Å²) in [6, 6.07) is 8.70. The number of aryl methyl sites for hydroxylation is 1. The fourth-order valence-corrected chi connectivity index (χ4v) is 3.48. The average Bonchev–Trinajstić information content (AvgIpc) is 3.17. The minimum Gasteiger partial charge on any atom is -0.357 e. The number of nitrogens with zero attached hydrogens (tertiary/aromatic N) is 4. The first kappa shape index (κ1) is 18.5. The van der Waals surface area contributed by atoms with E-state index in [0.717, 1.165) is 38.0 Å². The van der Waals surface area contributed by atoms with Gasteiger partial charge in [0.1, 0.15) is 5.82 Å². The Labute approximate surface area is 157 Å². The van der Waals surface area contributed by atoms with Crippen LogP contribution in [0.5, 0.6) is 0 Å². The molecule has 26 heavy (non-hydrogen) atoms. The van der Waals surface area contributed by atoms with E-state index >= 15 is 0 Å². The van der Waals surface area contributed by atoms with Crippen LogP contribution in [0.25, 0.3) is 0 Å². The van der Waals surface area contributed by atoms with Crippen LogP contribution in [0, 0.1) is 12.3 Å². The summed E-state index contributed by atoms with van der Waals surface area (Å²) >= 11 is 0. The molecule has 5 heteroatoms. The number of likely N-dealkylation sites (tertiary alicyclic amines) is 1. The molecule has 1 N–H and O–H groups in total. The first-order valence-corrected chi connectivity index (χ1v) is 9.56. The highest BCUT2D eigenvalue weighted by molar-refractivity contribution is 5.80. The van der Waals surface area contributed by atoms with Crippen LogP contribution >= 0.6 is 0 Å². The zero-order valence-corrected chi connectivity index (χ0v) is 16.5. The summed E-state index contributed by atoms with van der Waals surface area (Å²) in [5.74, 6) is 2.08. The van der Waals surface area contributed by atoms with Crippen LogP contribution in [0.4, 0.5) is 0 Å². The Morgan fingerprint density at radius 2 is 2.12 bits per heavy atom. The number of rotatable bonds is 5. The van der Waals surface area contributed by atoms with E-state index in [-0.39, 0.29) is 0 Å². The van der Waals surface area contributed by atoms with Crippen molar-refractivity contribution in [2.24, 2.45) is 10.4 Å². The lowest BCUT2D eigenvalue weighted by Crippen LogP contribution is -2.40. The number of aromatic nitrogens is 2. The summed E-state index contributed by atoms with van der Waals surface area (Å²) in [7, 11) is 0. The van der Waals surface area contributed by atoms with Crippen molar-refractivity contribution in [2.75, 3.05) is 19.6 Å². The highest BCUT2D eigenvalue weighted by Gasteiger charge is 2.30. The number of imidazole rings is 1. The van der Waals surface area contributed by atoms with Gasteiger partial charge in [0.15, 0.2) is 5.96 Å². The van der Waals surface area contributed by atoms with E-state index in [2.05, 4.69) is 64.8 Å². The molecule has 0 bridgehead atoms. The third kappa shape index (κ3) is 4.65. The van der Waals surface area contributed by atoms with Crippen LogP contribution in [-0.4, -0.2) is 40.0 Å². The van der Waals surface area contributed by atoms with Gasteiger partial charge in [-0.2, -0.15) is 0 Å². The molecule has 1 aromatic carbocycles. The van der Waals surface area contributed by atoms with Crippen molar-refractivity contribution in [3.05, 3.63) is 53.6 Å². The minimum absolute atomic E-state index is 0.374. The van der Waals surface area contributed by atoms with Crippen molar-refractivity contribution in [2.45, 2.75) is 47.2 Å². The van der Waals surface area contributed by atoms with Crippen molar-refractivity contribution in [1.29, 1.82) is 0 Å². The van der Waals surface area contributed by atoms with Gasteiger partial charge in [0.2, 0.25) is 0 Å². The summed E-state index contributed by atoms with van der Waals surface area (Å²) in [6.45, 7) is 13.4. The third-order valence-corrected chi connectivity index (χ3v) is 4.99. The number of guanidine groups is 1. The van der Waals surface area contributed by atoms with E-state index in [9.17, 15) is 0 Å². The van der Waals surface area contributed by atoms with E-state index in [4.69, 9.17) is 4.99 Å². The minimum atomic E-state index is 0.374. The lowest BCUT2D eigenvalue weighted by atomic mass is 9.93. The van der Waals surface area contributed by atoms with Crippen molar-refractivity contribution in [3.63, 3.8) is 0 Å². The lowest BCUT2D eigenvalue weighted by molar-refractivity contribution is 0.370. The molecule has 1 aromatic heterocycles. The Hall–Kier alpha value is -2.30. The molecular weight excluding hydrogens is 322 g/mol. The second-order valence-corrected chi connectivity index (χ2v) is 7.93. The first-order chi connectivity index (χ1) is 12.5. The third-order valence-electron chi connectivity index (χ3n) is 4.99. The van der Waals surface area contributed by atoms with E-state index in [0.29, 0.717) is 12.0 Å². The standard InChI is InChI=1S/C21H31N5/c1-5-22-20(26-11-9-21(3,4)16-26)24-14-18-7-6-8-19(13-18)15-25-12-10-23-17(25)2/h6-8,10,12-13H,5,9,11,14-16H2,1-4H3,(H,22,24). The van der Waals surface area contributed by atoms with Gasteiger partial charge in [0, 0.05) is 38.6 Å². The molecule has 140 valence electrons. The maximum atomic E-state index is 4.90. The van der Waals surface area contributed by atoms with Crippen LogP contribution in [-0.2, 0) is 13.1 Å². The molecule has 1 aliphatic rings. The largest absolute Gasteiger partial charge is 0.357 e. The Bertz CT molecular complexity index is 759. The predicted molar refractivity (Wildman–Crippen MR) is 107 cm³/mol. The van der Waals surface area contributed by atoms with Gasteiger partial charge in [0.05, 0.1) is 6.54 Å². The molecule has 0 unspecified atom stereocenters. The molecule has 3 rings (SSSR count). The van der Waals surface area contributed by atoms with Gasteiger partial charge in [-0.3, -0.25) is 0 Å². The summed E-state index contributed by atoms with van der Waals surface area (Å²) in [4.78, 5) is 11.6. The van der Waals surface area contributed by atoms with E-state index in [1.807, 2.05) is 19.3 Å². The first-order valence-electron chi connectivity index (χ1n) is 9.56. The van der Waals surface area contributed by atoms with Gasteiger partial charge in [-0.1, -0.05) is 38.1 Å². The summed E-state index contributed by atoms with van der Waals surface area (Å²) < 4.78 is 2.17. The number of aliphatic imine (C=N–C) groups is 1. The molecule has 0 saturated carbocycles. The van der Waals surface area contributed by atoms with Crippen molar-refractivity contribution in [3.8, 4) is 0 Å². The quantitative estimate of drug-likeness (QED) is 0.662. The van der Waals surface area contributed by atoms with E-state index < -0.39 is 0 Å². The fraction of sp³-hybridized carbons (Fsp3) is 0.524. The molecule has 1 aliphatic heterocycles. The molecule has 1 fully saturated rings. The molecule has 2 aromatic rings. The zero-order chi connectivity index (χ0) is 18.6. The maximum absolute atomic E-state index is 4.90. The average molecular weight is 354 g/mol. The summed E-state index contributed by atoms with van der Waals surface area (Å²) in [6.07, 6.45) is 5.10. The smallest absolute Gasteiger partial charge is 0.194 e. The Kier molecular flexibility index (Phi) is 5.64. The SMILES string of the molecule is CCNC(=NCc1cccc(Cn2ccnc2C)c1)N1CCC(C)(C)C1. The molecule has 0 atom stereocenters. The van der Waals surface area contributed by atoms with Gasteiger partial charge >= 0.3 is 0 Å². The Morgan fingerprint density at radius 1 is 1.31 bits per heavy atom. The zero-order valence-electron chi connectivity index (χ0n) is 16.5. The topological polar surface area (TPSA) is 45.5 Å². The molecule has 1 saturated heterocycles. The van der Waals surface area contributed by atoms with Gasteiger partial charge in [-0.15, -0.1) is 0 Å². The van der Waals surface area contributed by atoms with Crippen LogP contribution in [0.3, 0.4) is 0 Å². The monoisotopic (exact) mass is 353 g/mol. The van der Waals surface area contributed by atoms with Crippen molar-refractivity contribution < 1.29 is 0 Å². The second kappa shape index (κ2) is 7.94. The number of hydrogen-bond acceptors (Lipinski definition) is 2. The van der Waals surface area contributed by atoms with Crippen LogP contribution in [0.15, 0.2) is 41.7 Å². The highest BCUT2D eigenvalue weighted by Crippen LogP contribution is 2.28. The van der Waals surface area contributed by atoms with Gasteiger partial charge in [-0.05, 0) is 36.8 Å². The van der Waals surface area contributed by atoms with Crippen molar-refractivity contribution in [1.82, 2.24) is 19.8 Å². The normalized spacial score (nSPS) is 16.9. The van der Waals surface area contributed by atoms with E-state index in [1.165, 1.54) is 17.5 Å². The number of benzene rings is 1. The molecule has 0 radical (unpaired) electrons. The van der Waals surface area contributed by atoms with Gasteiger partial charge < -0.3 is 14.8 Å². The summed E-state index contributed by atoms with van der Waals surface area (Å²) in [5, 5.41) is 3.45. The molecule has 2 heterocycles. The fourth-order valence-electron chi connectivity index (χ4n) is 3.48.